The van der Waals surface area contributed by atoms with Gasteiger partial charge in [-0.25, -0.2) is 0 Å². The summed E-state index contributed by atoms with van der Waals surface area (Å²) in [5.41, 5.74) is 1.08. The zero-order chi connectivity index (χ0) is 10.6. The molecule has 0 unspecified atom stereocenters. The predicted octanol–water partition coefficient (Wildman–Crippen LogP) is 1.51. The van der Waals surface area contributed by atoms with Crippen LogP contribution in [0, 0.1) is 0 Å². The summed E-state index contributed by atoms with van der Waals surface area (Å²) >= 11 is 0. The van der Waals surface area contributed by atoms with Crippen LogP contribution in [0.4, 0.5) is 5.69 Å². The van der Waals surface area contributed by atoms with Crippen molar-refractivity contribution in [1.82, 2.24) is 0 Å². The summed E-state index contributed by atoms with van der Waals surface area (Å²) < 4.78 is 5.06. The van der Waals surface area contributed by atoms with Gasteiger partial charge >= 0.3 is 0 Å². The monoisotopic (exact) mass is 195 g/mol. The molecular weight excluding hydrogens is 178 g/mol. The fourth-order valence-corrected chi connectivity index (χ4v) is 1.34. The Morgan fingerprint density at radius 1 is 1.36 bits per heavy atom. The van der Waals surface area contributed by atoms with E-state index in [0.29, 0.717) is 6.54 Å². The van der Waals surface area contributed by atoms with E-state index >= 15 is 0 Å². The van der Waals surface area contributed by atoms with E-state index in [1.165, 1.54) is 0 Å². The highest BCUT2D eigenvalue weighted by Gasteiger charge is 2.03. The van der Waals surface area contributed by atoms with Crippen LogP contribution in [-0.4, -0.2) is 31.9 Å². The number of likely N-dealkylation sites (N-methyl/N-ethyl adjacent to an activating group) is 1. The van der Waals surface area contributed by atoms with Crippen LogP contribution in [0.15, 0.2) is 24.3 Å². The first-order valence-corrected chi connectivity index (χ1v) is 4.66. The Morgan fingerprint density at radius 2 is 1.93 bits per heavy atom. The third-order valence-electron chi connectivity index (χ3n) is 2.05. The number of methoxy groups -OCH3 is 1. The molecule has 1 N–H and O–H groups in total. The van der Waals surface area contributed by atoms with Gasteiger partial charge in [-0.1, -0.05) is 0 Å². The predicted molar refractivity (Wildman–Crippen MR) is 57.9 cm³/mol. The molecule has 78 valence electrons. The first kappa shape index (κ1) is 10.9. The molecule has 0 amide bonds. The number of ether oxygens (including phenoxy) is 1. The molecule has 0 bridgehead atoms. The van der Waals surface area contributed by atoms with E-state index in [-0.39, 0.29) is 6.10 Å². The summed E-state index contributed by atoms with van der Waals surface area (Å²) in [6.45, 7) is 2.41. The second kappa shape index (κ2) is 4.86. The van der Waals surface area contributed by atoms with Crippen LogP contribution in [0.5, 0.6) is 5.75 Å². The molecule has 1 aromatic rings. The van der Waals surface area contributed by atoms with Crippen LogP contribution in [-0.2, 0) is 0 Å². The van der Waals surface area contributed by atoms with Crippen molar-refractivity contribution in [3.05, 3.63) is 24.3 Å². The third kappa shape index (κ3) is 2.92. The first-order valence-electron chi connectivity index (χ1n) is 4.66. The zero-order valence-electron chi connectivity index (χ0n) is 8.90. The molecule has 0 saturated carbocycles. The van der Waals surface area contributed by atoms with Crippen LogP contribution in [0.2, 0.25) is 0 Å². The molecular formula is C11H17NO2. The quantitative estimate of drug-likeness (QED) is 0.790. The largest absolute Gasteiger partial charge is 0.497 e. The van der Waals surface area contributed by atoms with Gasteiger partial charge in [0.2, 0.25) is 0 Å². The van der Waals surface area contributed by atoms with E-state index in [4.69, 9.17) is 4.74 Å². The molecule has 3 nitrogen and oxygen atoms in total. The van der Waals surface area contributed by atoms with Crippen molar-refractivity contribution in [3.8, 4) is 5.75 Å². The summed E-state index contributed by atoms with van der Waals surface area (Å²) in [6, 6.07) is 7.77. The molecule has 14 heavy (non-hydrogen) atoms. The van der Waals surface area contributed by atoms with Crippen molar-refractivity contribution < 1.29 is 9.84 Å². The average Bonchev–Trinajstić information content (AvgIpc) is 2.17. The molecule has 0 aliphatic carbocycles. The second-order valence-corrected chi connectivity index (χ2v) is 3.43. The maximum absolute atomic E-state index is 9.22. The smallest absolute Gasteiger partial charge is 0.119 e. The van der Waals surface area contributed by atoms with Gasteiger partial charge in [0.05, 0.1) is 13.2 Å². The van der Waals surface area contributed by atoms with Gasteiger partial charge in [-0.15, -0.1) is 0 Å². The van der Waals surface area contributed by atoms with Crippen molar-refractivity contribution in [1.29, 1.82) is 0 Å². The van der Waals surface area contributed by atoms with Crippen molar-refractivity contribution >= 4 is 5.69 Å². The number of nitrogens with zero attached hydrogens (tertiary/aromatic N) is 1. The minimum Gasteiger partial charge on any atom is -0.497 e. The van der Waals surface area contributed by atoms with Gasteiger partial charge < -0.3 is 14.7 Å². The standard InChI is InChI=1S/C11H17NO2/c1-9(13)8-12(2)10-4-6-11(14-3)7-5-10/h4-7,9,13H,8H2,1-3H3/t9-/m0/s1. The summed E-state index contributed by atoms with van der Waals surface area (Å²) in [4.78, 5) is 2.00. The fourth-order valence-electron chi connectivity index (χ4n) is 1.34. The second-order valence-electron chi connectivity index (χ2n) is 3.43. The van der Waals surface area contributed by atoms with Crippen molar-refractivity contribution in [2.75, 3.05) is 25.6 Å². The van der Waals surface area contributed by atoms with E-state index in [0.717, 1.165) is 11.4 Å². The molecule has 1 rings (SSSR count). The van der Waals surface area contributed by atoms with Crippen molar-refractivity contribution in [2.24, 2.45) is 0 Å². The van der Waals surface area contributed by atoms with Gasteiger partial charge in [0.1, 0.15) is 5.75 Å². The zero-order valence-corrected chi connectivity index (χ0v) is 8.90. The van der Waals surface area contributed by atoms with Gasteiger partial charge in [-0.2, -0.15) is 0 Å². The van der Waals surface area contributed by atoms with Crippen molar-refractivity contribution in [2.45, 2.75) is 13.0 Å². The highest BCUT2D eigenvalue weighted by atomic mass is 16.5. The number of hydrogen-bond acceptors (Lipinski definition) is 3. The summed E-state index contributed by atoms with van der Waals surface area (Å²) in [5.74, 6) is 0.846. The number of anilines is 1. The molecule has 0 aliphatic rings. The Kier molecular flexibility index (Phi) is 3.77. The Labute approximate surface area is 84.9 Å². The lowest BCUT2D eigenvalue weighted by Gasteiger charge is -2.20. The molecule has 0 fully saturated rings. The molecule has 1 aromatic carbocycles. The highest BCUT2D eigenvalue weighted by Crippen LogP contribution is 2.17. The van der Waals surface area contributed by atoms with Gasteiger partial charge in [0.25, 0.3) is 0 Å². The lowest BCUT2D eigenvalue weighted by Crippen LogP contribution is -2.26. The lowest BCUT2D eigenvalue weighted by atomic mass is 10.2. The number of hydrogen-bond donors (Lipinski definition) is 1. The number of rotatable bonds is 4. The van der Waals surface area contributed by atoms with Crippen molar-refractivity contribution in [3.63, 3.8) is 0 Å². The molecule has 0 aliphatic heterocycles. The van der Waals surface area contributed by atoms with Crippen LogP contribution in [0.3, 0.4) is 0 Å². The average molecular weight is 195 g/mol. The summed E-state index contributed by atoms with van der Waals surface area (Å²) in [5, 5.41) is 9.22. The summed E-state index contributed by atoms with van der Waals surface area (Å²) in [7, 11) is 3.60. The Hall–Kier alpha value is -1.22. The molecule has 0 heterocycles. The summed E-state index contributed by atoms with van der Waals surface area (Å²) in [6.07, 6.45) is -0.317. The normalized spacial score (nSPS) is 12.3. The van der Waals surface area contributed by atoms with Gasteiger partial charge in [-0.05, 0) is 31.2 Å². The SMILES string of the molecule is COc1ccc(N(C)C[C@H](C)O)cc1. The highest BCUT2D eigenvalue weighted by molar-refractivity contribution is 5.48. The van der Waals surface area contributed by atoms with Crippen LogP contribution < -0.4 is 9.64 Å². The lowest BCUT2D eigenvalue weighted by molar-refractivity contribution is 0.201. The molecule has 0 spiro atoms. The topological polar surface area (TPSA) is 32.7 Å². The van der Waals surface area contributed by atoms with E-state index in [9.17, 15) is 5.11 Å². The molecule has 0 aromatic heterocycles. The number of benzene rings is 1. The molecule has 1 atom stereocenters. The maximum Gasteiger partial charge on any atom is 0.119 e. The van der Waals surface area contributed by atoms with Crippen LogP contribution in [0.1, 0.15) is 6.92 Å². The van der Waals surface area contributed by atoms with Crippen LogP contribution >= 0.6 is 0 Å². The van der Waals surface area contributed by atoms with Gasteiger partial charge in [-0.3, -0.25) is 0 Å². The molecule has 0 saturated heterocycles. The maximum atomic E-state index is 9.22. The minimum absolute atomic E-state index is 0.317. The first-order chi connectivity index (χ1) is 6.63. The Morgan fingerprint density at radius 3 is 2.36 bits per heavy atom. The third-order valence-corrected chi connectivity index (χ3v) is 2.05. The molecule has 0 radical (unpaired) electrons. The Bertz CT molecular complexity index is 269. The minimum atomic E-state index is -0.317. The Balaban J connectivity index is 2.66. The van der Waals surface area contributed by atoms with E-state index in [2.05, 4.69) is 0 Å². The van der Waals surface area contributed by atoms with E-state index in [1.807, 2.05) is 36.2 Å². The van der Waals surface area contributed by atoms with Gasteiger partial charge in [0, 0.05) is 19.3 Å². The fraction of sp³-hybridized carbons (Fsp3) is 0.455. The van der Waals surface area contributed by atoms with Gasteiger partial charge in [0.15, 0.2) is 0 Å². The number of aliphatic hydroxyl groups is 1. The van der Waals surface area contributed by atoms with E-state index < -0.39 is 0 Å². The van der Waals surface area contributed by atoms with Crippen LogP contribution in [0.25, 0.3) is 0 Å². The molecule has 3 heteroatoms. The van der Waals surface area contributed by atoms with E-state index in [1.54, 1.807) is 14.0 Å². The number of aliphatic hydroxyl groups excluding tert-OH is 1.